The van der Waals surface area contributed by atoms with Gasteiger partial charge in [0.05, 0.1) is 23.8 Å². The molecule has 3 rings (SSSR count). The highest BCUT2D eigenvalue weighted by atomic mass is 19.4. The second kappa shape index (κ2) is 7.18. The summed E-state index contributed by atoms with van der Waals surface area (Å²) in [4.78, 5) is 38.7. The van der Waals surface area contributed by atoms with E-state index in [0.717, 1.165) is 18.3 Å². The monoisotopic (exact) mass is 390 g/mol. The third kappa shape index (κ3) is 3.59. The van der Waals surface area contributed by atoms with Crippen LogP contribution in [0.15, 0.2) is 53.5 Å². The first-order valence-electron chi connectivity index (χ1n) is 7.93. The van der Waals surface area contributed by atoms with Gasteiger partial charge in [0, 0.05) is 17.3 Å². The molecule has 0 radical (unpaired) electrons. The third-order valence-corrected chi connectivity index (χ3v) is 4.03. The van der Waals surface area contributed by atoms with Crippen LogP contribution in [0, 0.1) is 0 Å². The molecule has 0 fully saturated rings. The van der Waals surface area contributed by atoms with Crippen molar-refractivity contribution in [1.29, 1.82) is 0 Å². The zero-order valence-corrected chi connectivity index (χ0v) is 14.4. The fourth-order valence-electron chi connectivity index (χ4n) is 2.66. The molecule has 0 aliphatic carbocycles. The second-order valence-corrected chi connectivity index (χ2v) is 5.78. The molecule has 28 heavy (non-hydrogen) atoms. The highest BCUT2D eigenvalue weighted by molar-refractivity contribution is 6.06. The van der Waals surface area contributed by atoms with E-state index in [1.807, 2.05) is 0 Å². The number of para-hydroxylation sites is 1. The first-order valence-corrected chi connectivity index (χ1v) is 7.93. The van der Waals surface area contributed by atoms with Crippen LogP contribution in [-0.4, -0.2) is 24.0 Å². The Kier molecular flexibility index (Phi) is 4.91. The van der Waals surface area contributed by atoms with Gasteiger partial charge in [-0.05, 0) is 36.4 Å². The molecule has 0 atom stereocenters. The van der Waals surface area contributed by atoms with Gasteiger partial charge in [-0.1, -0.05) is 6.07 Å². The number of carbonyl (C=O) groups is 2. The Morgan fingerprint density at radius 3 is 2.36 bits per heavy atom. The number of halogens is 3. The van der Waals surface area contributed by atoms with Crippen LogP contribution in [0.5, 0.6) is 0 Å². The van der Waals surface area contributed by atoms with Crippen LogP contribution >= 0.6 is 0 Å². The molecule has 0 saturated heterocycles. The lowest BCUT2D eigenvalue weighted by molar-refractivity contribution is -0.136. The lowest BCUT2D eigenvalue weighted by Crippen LogP contribution is -2.22. The lowest BCUT2D eigenvalue weighted by atomic mass is 10.1. The number of methoxy groups -OCH3 is 1. The van der Waals surface area contributed by atoms with E-state index in [1.165, 1.54) is 37.4 Å². The Morgan fingerprint density at radius 1 is 1.07 bits per heavy atom. The molecule has 6 nitrogen and oxygen atoms in total. The Hall–Kier alpha value is -3.62. The fourth-order valence-corrected chi connectivity index (χ4v) is 2.66. The third-order valence-electron chi connectivity index (χ3n) is 4.03. The SMILES string of the molecule is COC(=O)c1ccc(NC(=O)c2c[nH]c3c(C(F)(F)F)cccc3c2=O)cc1. The number of benzene rings is 2. The maximum atomic E-state index is 13.1. The number of carbonyl (C=O) groups excluding carboxylic acids is 2. The molecule has 0 aliphatic rings. The number of amides is 1. The van der Waals surface area contributed by atoms with E-state index in [9.17, 15) is 27.6 Å². The summed E-state index contributed by atoms with van der Waals surface area (Å²) in [7, 11) is 1.23. The van der Waals surface area contributed by atoms with Crippen LogP contribution in [0.3, 0.4) is 0 Å². The van der Waals surface area contributed by atoms with Crippen LogP contribution in [0.25, 0.3) is 10.9 Å². The van der Waals surface area contributed by atoms with Crippen LogP contribution in [0.2, 0.25) is 0 Å². The molecular weight excluding hydrogens is 377 g/mol. The highest BCUT2D eigenvalue weighted by Crippen LogP contribution is 2.33. The quantitative estimate of drug-likeness (QED) is 0.669. The topological polar surface area (TPSA) is 88.3 Å². The van der Waals surface area contributed by atoms with Crippen molar-refractivity contribution in [3.05, 3.63) is 75.6 Å². The number of H-pyrrole nitrogens is 1. The molecule has 0 aliphatic heterocycles. The van der Waals surface area contributed by atoms with Crippen molar-refractivity contribution >= 4 is 28.5 Å². The van der Waals surface area contributed by atoms with E-state index in [-0.39, 0.29) is 22.0 Å². The van der Waals surface area contributed by atoms with Gasteiger partial charge in [0.15, 0.2) is 0 Å². The van der Waals surface area contributed by atoms with Gasteiger partial charge in [-0.25, -0.2) is 4.79 Å². The maximum absolute atomic E-state index is 13.1. The summed E-state index contributed by atoms with van der Waals surface area (Å²) in [6.45, 7) is 0. The summed E-state index contributed by atoms with van der Waals surface area (Å²) in [5.41, 5.74) is -2.00. The average molecular weight is 390 g/mol. The standard InChI is InChI=1S/C19H13F3N2O4/c1-28-18(27)10-5-7-11(8-6-10)24-17(26)13-9-23-15-12(16(13)25)3-2-4-14(15)19(20,21)22/h2-9H,1H3,(H,23,25)(H,24,26). The molecule has 0 bridgehead atoms. The largest absolute Gasteiger partial charge is 0.465 e. The second-order valence-electron chi connectivity index (χ2n) is 5.78. The lowest BCUT2D eigenvalue weighted by Gasteiger charge is -2.11. The number of hydrogen-bond donors (Lipinski definition) is 2. The summed E-state index contributed by atoms with van der Waals surface area (Å²) < 4.78 is 43.8. The van der Waals surface area contributed by atoms with Crippen molar-refractivity contribution in [2.24, 2.45) is 0 Å². The van der Waals surface area contributed by atoms with E-state index >= 15 is 0 Å². The summed E-state index contributed by atoms with van der Waals surface area (Å²) in [5, 5.41) is 2.21. The smallest absolute Gasteiger partial charge is 0.418 e. The molecule has 144 valence electrons. The number of hydrogen-bond acceptors (Lipinski definition) is 4. The number of anilines is 1. The van der Waals surface area contributed by atoms with Crippen LogP contribution in [-0.2, 0) is 10.9 Å². The zero-order valence-electron chi connectivity index (χ0n) is 14.4. The molecule has 1 heterocycles. The highest BCUT2D eigenvalue weighted by Gasteiger charge is 2.33. The van der Waals surface area contributed by atoms with Gasteiger partial charge in [-0.3, -0.25) is 9.59 Å². The number of aromatic nitrogens is 1. The summed E-state index contributed by atoms with van der Waals surface area (Å²) in [5.74, 6) is -1.35. The molecule has 0 spiro atoms. The molecule has 9 heteroatoms. The number of fused-ring (bicyclic) bond motifs is 1. The first kappa shape index (κ1) is 19.2. The Bertz CT molecular complexity index is 1120. The van der Waals surface area contributed by atoms with Gasteiger partial charge in [0.1, 0.15) is 5.56 Å². The van der Waals surface area contributed by atoms with Crippen molar-refractivity contribution in [2.75, 3.05) is 12.4 Å². The predicted molar refractivity (Wildman–Crippen MR) is 95.3 cm³/mol. The Balaban J connectivity index is 1.93. The van der Waals surface area contributed by atoms with Gasteiger partial charge < -0.3 is 15.0 Å². The minimum atomic E-state index is -4.65. The number of alkyl halides is 3. The van der Waals surface area contributed by atoms with Gasteiger partial charge in [0.25, 0.3) is 5.91 Å². The Labute approximate surface area is 155 Å². The minimum absolute atomic E-state index is 0.247. The van der Waals surface area contributed by atoms with Crippen LogP contribution < -0.4 is 10.7 Å². The summed E-state index contributed by atoms with van der Waals surface area (Å²) >= 11 is 0. The van der Waals surface area contributed by atoms with Gasteiger partial charge in [-0.15, -0.1) is 0 Å². The number of pyridine rings is 1. The van der Waals surface area contributed by atoms with E-state index in [1.54, 1.807) is 0 Å². The van der Waals surface area contributed by atoms with Crippen molar-refractivity contribution in [1.82, 2.24) is 4.98 Å². The molecule has 1 aromatic heterocycles. The molecular formula is C19H13F3N2O4. The fraction of sp³-hybridized carbons (Fsp3) is 0.105. The van der Waals surface area contributed by atoms with Crippen LogP contribution in [0.1, 0.15) is 26.3 Å². The molecule has 2 aromatic carbocycles. The van der Waals surface area contributed by atoms with Gasteiger partial charge in [0.2, 0.25) is 5.43 Å². The summed E-state index contributed by atoms with van der Waals surface area (Å²) in [6.07, 6.45) is -3.70. The van der Waals surface area contributed by atoms with E-state index < -0.39 is 29.0 Å². The number of esters is 1. The zero-order chi connectivity index (χ0) is 20.5. The minimum Gasteiger partial charge on any atom is -0.465 e. The predicted octanol–water partition coefficient (Wildman–Crippen LogP) is 3.59. The molecule has 0 saturated carbocycles. The van der Waals surface area contributed by atoms with Crippen molar-refractivity contribution in [3.63, 3.8) is 0 Å². The maximum Gasteiger partial charge on any atom is 0.418 e. The van der Waals surface area contributed by atoms with E-state index in [0.29, 0.717) is 5.69 Å². The van der Waals surface area contributed by atoms with Crippen molar-refractivity contribution in [2.45, 2.75) is 6.18 Å². The normalized spacial score (nSPS) is 11.3. The molecule has 0 unspecified atom stereocenters. The molecule has 1 amide bonds. The van der Waals surface area contributed by atoms with Gasteiger partial charge in [-0.2, -0.15) is 13.2 Å². The van der Waals surface area contributed by atoms with Crippen molar-refractivity contribution < 1.29 is 27.5 Å². The average Bonchev–Trinajstić information content (AvgIpc) is 2.67. The molecule has 2 N–H and O–H groups in total. The van der Waals surface area contributed by atoms with Gasteiger partial charge >= 0.3 is 12.1 Å². The van der Waals surface area contributed by atoms with E-state index in [2.05, 4.69) is 15.0 Å². The summed E-state index contributed by atoms with van der Waals surface area (Å²) in [6, 6.07) is 8.87. The van der Waals surface area contributed by atoms with Crippen LogP contribution in [0.4, 0.5) is 18.9 Å². The number of aromatic amines is 1. The number of ether oxygens (including phenoxy) is 1. The van der Waals surface area contributed by atoms with Crippen molar-refractivity contribution in [3.8, 4) is 0 Å². The van der Waals surface area contributed by atoms with E-state index in [4.69, 9.17) is 0 Å². The first-order chi connectivity index (χ1) is 13.2. The molecule has 3 aromatic rings. The number of nitrogens with one attached hydrogen (secondary N) is 2. The Morgan fingerprint density at radius 2 is 1.75 bits per heavy atom. The number of rotatable bonds is 3.